The van der Waals surface area contributed by atoms with Crippen molar-refractivity contribution in [3.63, 3.8) is 0 Å². The van der Waals surface area contributed by atoms with Crippen LogP contribution in [-0.2, 0) is 14.8 Å². The van der Waals surface area contributed by atoms with Gasteiger partial charge in [0.2, 0.25) is 10.0 Å². The second-order valence-electron chi connectivity index (χ2n) is 4.80. The SMILES string of the molecule is COc1ccc(S(=O)(=O)N2CC(CC(=O)O)C2)cc1OC. The maximum absolute atomic E-state index is 12.4. The van der Waals surface area contributed by atoms with E-state index in [4.69, 9.17) is 14.6 Å². The summed E-state index contributed by atoms with van der Waals surface area (Å²) in [6.45, 7) is 0.450. The minimum absolute atomic E-state index is 0.0159. The molecule has 0 saturated carbocycles. The molecule has 1 N–H and O–H groups in total. The van der Waals surface area contributed by atoms with E-state index in [0.717, 1.165) is 0 Å². The van der Waals surface area contributed by atoms with E-state index in [-0.39, 0.29) is 30.3 Å². The van der Waals surface area contributed by atoms with Crippen molar-refractivity contribution in [2.45, 2.75) is 11.3 Å². The molecule has 0 aliphatic carbocycles. The molecule has 116 valence electrons. The van der Waals surface area contributed by atoms with Gasteiger partial charge >= 0.3 is 5.97 Å². The smallest absolute Gasteiger partial charge is 0.303 e. The maximum Gasteiger partial charge on any atom is 0.303 e. The number of carbonyl (C=O) groups is 1. The number of ether oxygens (including phenoxy) is 2. The standard InChI is InChI=1S/C13H17NO6S/c1-19-11-4-3-10(6-12(11)20-2)21(17,18)14-7-9(8-14)5-13(15)16/h3-4,6,9H,5,7-8H2,1-2H3,(H,15,16). The predicted molar refractivity (Wildman–Crippen MR) is 74.0 cm³/mol. The summed E-state index contributed by atoms with van der Waals surface area (Å²) >= 11 is 0. The molecule has 0 unspecified atom stereocenters. The summed E-state index contributed by atoms with van der Waals surface area (Å²) in [4.78, 5) is 10.7. The highest BCUT2D eigenvalue weighted by Gasteiger charge is 2.37. The highest BCUT2D eigenvalue weighted by atomic mass is 32.2. The number of benzene rings is 1. The van der Waals surface area contributed by atoms with E-state index >= 15 is 0 Å². The second-order valence-corrected chi connectivity index (χ2v) is 6.74. The average molecular weight is 315 g/mol. The summed E-state index contributed by atoms with van der Waals surface area (Å²) in [5.41, 5.74) is 0. The number of nitrogens with zero attached hydrogens (tertiary/aromatic N) is 1. The first-order chi connectivity index (χ1) is 9.88. The van der Waals surface area contributed by atoms with Crippen molar-refractivity contribution in [2.24, 2.45) is 5.92 Å². The van der Waals surface area contributed by atoms with Gasteiger partial charge in [0, 0.05) is 19.2 Å². The summed E-state index contributed by atoms with van der Waals surface area (Å²) in [5, 5.41) is 8.68. The second kappa shape index (κ2) is 5.90. The highest BCUT2D eigenvalue weighted by Crippen LogP contribution is 2.33. The molecule has 8 heteroatoms. The van der Waals surface area contributed by atoms with Crippen molar-refractivity contribution in [3.8, 4) is 11.5 Å². The minimum atomic E-state index is -3.62. The summed E-state index contributed by atoms with van der Waals surface area (Å²) in [7, 11) is -0.722. The highest BCUT2D eigenvalue weighted by molar-refractivity contribution is 7.89. The number of methoxy groups -OCH3 is 2. The molecule has 1 aliphatic heterocycles. The van der Waals surface area contributed by atoms with Crippen LogP contribution in [0.5, 0.6) is 11.5 Å². The first-order valence-electron chi connectivity index (χ1n) is 6.32. The van der Waals surface area contributed by atoms with Gasteiger partial charge in [-0.15, -0.1) is 0 Å². The third kappa shape index (κ3) is 3.11. The van der Waals surface area contributed by atoms with Crippen molar-refractivity contribution >= 4 is 16.0 Å². The van der Waals surface area contributed by atoms with Crippen LogP contribution in [0.25, 0.3) is 0 Å². The summed E-state index contributed by atoms with van der Waals surface area (Å²) < 4.78 is 36.2. The molecule has 7 nitrogen and oxygen atoms in total. The number of hydrogen-bond acceptors (Lipinski definition) is 5. The van der Waals surface area contributed by atoms with Gasteiger partial charge in [0.15, 0.2) is 11.5 Å². The molecule has 0 atom stereocenters. The van der Waals surface area contributed by atoms with Crippen molar-refractivity contribution in [3.05, 3.63) is 18.2 Å². The topological polar surface area (TPSA) is 93.1 Å². The lowest BCUT2D eigenvalue weighted by molar-refractivity contribution is -0.139. The Kier molecular flexibility index (Phi) is 4.38. The molecule has 1 saturated heterocycles. The van der Waals surface area contributed by atoms with Gasteiger partial charge in [-0.2, -0.15) is 4.31 Å². The Morgan fingerprint density at radius 3 is 2.43 bits per heavy atom. The molecule has 1 fully saturated rings. The van der Waals surface area contributed by atoms with E-state index in [9.17, 15) is 13.2 Å². The van der Waals surface area contributed by atoms with Gasteiger partial charge in [-0.25, -0.2) is 8.42 Å². The molecule has 0 amide bonds. The fourth-order valence-electron chi connectivity index (χ4n) is 2.22. The number of carboxylic acid groups (broad SMARTS) is 1. The van der Waals surface area contributed by atoms with Crippen LogP contribution >= 0.6 is 0 Å². The number of hydrogen-bond donors (Lipinski definition) is 1. The van der Waals surface area contributed by atoms with Gasteiger partial charge in [0.25, 0.3) is 0 Å². The molecule has 1 aromatic carbocycles. The van der Waals surface area contributed by atoms with Crippen LogP contribution in [0, 0.1) is 5.92 Å². The molecule has 2 rings (SSSR count). The van der Waals surface area contributed by atoms with Crippen molar-refractivity contribution in [1.29, 1.82) is 0 Å². The third-order valence-electron chi connectivity index (χ3n) is 3.38. The monoisotopic (exact) mass is 315 g/mol. The van der Waals surface area contributed by atoms with Crippen LogP contribution in [-0.4, -0.2) is 51.1 Å². The molecule has 0 aromatic heterocycles. The van der Waals surface area contributed by atoms with Crippen molar-refractivity contribution in [1.82, 2.24) is 4.31 Å². The Morgan fingerprint density at radius 2 is 1.90 bits per heavy atom. The van der Waals surface area contributed by atoms with Crippen LogP contribution in [0.3, 0.4) is 0 Å². The van der Waals surface area contributed by atoms with Gasteiger partial charge in [-0.3, -0.25) is 4.79 Å². The molecule has 0 radical (unpaired) electrons. The molecule has 1 aromatic rings. The fourth-order valence-corrected chi connectivity index (χ4v) is 3.83. The zero-order valence-corrected chi connectivity index (χ0v) is 12.6. The number of rotatable bonds is 6. The summed E-state index contributed by atoms with van der Waals surface area (Å²) in [5.74, 6) is -0.259. The first kappa shape index (κ1) is 15.6. The van der Waals surface area contributed by atoms with Crippen molar-refractivity contribution < 1.29 is 27.8 Å². The first-order valence-corrected chi connectivity index (χ1v) is 7.76. The lowest BCUT2D eigenvalue weighted by atomic mass is 10.00. The Morgan fingerprint density at radius 1 is 1.29 bits per heavy atom. The lowest BCUT2D eigenvalue weighted by Gasteiger charge is -2.37. The van der Waals surface area contributed by atoms with Gasteiger partial charge in [-0.05, 0) is 18.1 Å². The number of sulfonamides is 1. The van der Waals surface area contributed by atoms with Gasteiger partial charge < -0.3 is 14.6 Å². The Labute approximate surface area is 123 Å². The van der Waals surface area contributed by atoms with E-state index in [1.54, 1.807) is 0 Å². The number of aliphatic carboxylic acids is 1. The minimum Gasteiger partial charge on any atom is -0.493 e. The molecule has 1 heterocycles. The van der Waals surface area contributed by atoms with Crippen molar-refractivity contribution in [2.75, 3.05) is 27.3 Å². The fraction of sp³-hybridized carbons (Fsp3) is 0.462. The Bertz CT molecular complexity index is 636. The van der Waals surface area contributed by atoms with E-state index in [0.29, 0.717) is 11.5 Å². The zero-order chi connectivity index (χ0) is 15.6. The lowest BCUT2D eigenvalue weighted by Crippen LogP contribution is -2.50. The van der Waals surface area contributed by atoms with E-state index in [1.807, 2.05) is 0 Å². The molecule has 0 spiro atoms. The summed E-state index contributed by atoms with van der Waals surface area (Å²) in [6.07, 6.45) is -0.0159. The van der Waals surface area contributed by atoms with Crippen LogP contribution in [0.1, 0.15) is 6.42 Å². The van der Waals surface area contributed by atoms with Gasteiger partial charge in [0.05, 0.1) is 25.5 Å². The Balaban J connectivity index is 2.16. The van der Waals surface area contributed by atoms with E-state index in [1.165, 1.54) is 36.7 Å². The van der Waals surface area contributed by atoms with Crippen LogP contribution in [0.2, 0.25) is 0 Å². The maximum atomic E-state index is 12.4. The van der Waals surface area contributed by atoms with Gasteiger partial charge in [0.1, 0.15) is 0 Å². The molecule has 0 bridgehead atoms. The average Bonchev–Trinajstić information content (AvgIpc) is 2.41. The van der Waals surface area contributed by atoms with Crippen LogP contribution in [0.4, 0.5) is 0 Å². The molecule has 21 heavy (non-hydrogen) atoms. The predicted octanol–water partition coefficient (Wildman–Crippen LogP) is 0.799. The Hall–Kier alpha value is -1.80. The quantitative estimate of drug-likeness (QED) is 0.834. The molecular formula is C13H17NO6S. The van der Waals surface area contributed by atoms with Crippen LogP contribution in [0.15, 0.2) is 23.1 Å². The van der Waals surface area contributed by atoms with Gasteiger partial charge in [-0.1, -0.05) is 0 Å². The number of carboxylic acids is 1. The third-order valence-corrected chi connectivity index (χ3v) is 5.21. The molecular weight excluding hydrogens is 298 g/mol. The summed E-state index contributed by atoms with van der Waals surface area (Å²) in [6, 6.07) is 4.38. The zero-order valence-electron chi connectivity index (χ0n) is 11.8. The van der Waals surface area contributed by atoms with E-state index in [2.05, 4.69) is 0 Å². The normalized spacial score (nSPS) is 16.3. The van der Waals surface area contributed by atoms with Crippen LogP contribution < -0.4 is 9.47 Å². The van der Waals surface area contributed by atoms with E-state index < -0.39 is 16.0 Å². The largest absolute Gasteiger partial charge is 0.493 e. The molecule has 1 aliphatic rings.